The summed E-state index contributed by atoms with van der Waals surface area (Å²) in [5.74, 6) is -4.96. The van der Waals surface area contributed by atoms with Crippen LogP contribution in [0, 0.1) is 5.82 Å². The van der Waals surface area contributed by atoms with Gasteiger partial charge in [0.2, 0.25) is 15.9 Å². The van der Waals surface area contributed by atoms with Gasteiger partial charge >= 0.3 is 12.6 Å². The minimum atomic E-state index is -4.94. The van der Waals surface area contributed by atoms with Crippen LogP contribution in [0.4, 0.5) is 26.3 Å². The van der Waals surface area contributed by atoms with Gasteiger partial charge in [0.05, 0.1) is 6.54 Å². The molecule has 8 nitrogen and oxygen atoms in total. The molecule has 2 atom stereocenters. The summed E-state index contributed by atoms with van der Waals surface area (Å²) in [7, 11) is -4.72. The van der Waals surface area contributed by atoms with E-state index in [1.807, 2.05) is 0 Å². The molecule has 1 amide bonds. The second kappa shape index (κ2) is 8.83. The van der Waals surface area contributed by atoms with Gasteiger partial charge in [0, 0.05) is 28.8 Å². The Morgan fingerprint density at radius 3 is 2.53 bits per heavy atom. The molecule has 4 rings (SSSR count). The number of rotatable bonds is 6. The van der Waals surface area contributed by atoms with Crippen molar-refractivity contribution in [1.82, 2.24) is 19.8 Å². The minimum Gasteiger partial charge on any atom is -0.415 e. The van der Waals surface area contributed by atoms with E-state index >= 15 is 0 Å². The SMILES string of the molecule is O=C1c2cc(-c3nnc(C(F)F)o3)cc(F)c2CN1[C@@H]1CCCC[C@H]1NS(=O)(=O)CC(F)(F)F. The molecule has 2 aliphatic rings. The zero-order chi connectivity index (χ0) is 24.8. The van der Waals surface area contributed by atoms with Gasteiger partial charge in [-0.1, -0.05) is 12.8 Å². The Bertz CT molecular complexity index is 1200. The van der Waals surface area contributed by atoms with Crippen LogP contribution in [0.15, 0.2) is 16.5 Å². The van der Waals surface area contributed by atoms with Gasteiger partial charge in [-0.3, -0.25) is 4.79 Å². The van der Waals surface area contributed by atoms with E-state index in [0.717, 1.165) is 6.07 Å². The van der Waals surface area contributed by atoms with Gasteiger partial charge < -0.3 is 9.32 Å². The third kappa shape index (κ3) is 5.04. The van der Waals surface area contributed by atoms with Crippen LogP contribution >= 0.6 is 0 Å². The number of halogens is 6. The number of nitrogens with zero attached hydrogens (tertiary/aromatic N) is 3. The fourth-order valence-corrected chi connectivity index (χ4v) is 5.58. The van der Waals surface area contributed by atoms with E-state index in [0.29, 0.717) is 19.3 Å². The summed E-state index contributed by atoms with van der Waals surface area (Å²) in [6, 6.07) is 0.373. The van der Waals surface area contributed by atoms with Crippen LogP contribution in [0.5, 0.6) is 0 Å². The molecular formula is C19H18F6N4O4S. The van der Waals surface area contributed by atoms with Crippen molar-refractivity contribution in [2.75, 3.05) is 5.75 Å². The molecule has 0 unspecified atom stereocenters. The molecule has 2 aromatic rings. The van der Waals surface area contributed by atoms with Crippen LogP contribution in [-0.2, 0) is 16.6 Å². The molecule has 1 aliphatic carbocycles. The molecule has 1 N–H and O–H groups in total. The summed E-state index contributed by atoms with van der Waals surface area (Å²) < 4.78 is 109. The van der Waals surface area contributed by atoms with Crippen molar-refractivity contribution >= 4 is 15.9 Å². The lowest BCUT2D eigenvalue weighted by atomic mass is 9.90. The van der Waals surface area contributed by atoms with Gasteiger partial charge in [-0.15, -0.1) is 10.2 Å². The van der Waals surface area contributed by atoms with Crippen molar-refractivity contribution in [3.8, 4) is 11.5 Å². The van der Waals surface area contributed by atoms with Gasteiger partial charge in [0.1, 0.15) is 5.82 Å². The normalized spacial score (nSPS) is 21.4. The molecule has 1 aromatic heterocycles. The number of amides is 1. The lowest BCUT2D eigenvalue weighted by Gasteiger charge is -2.38. The second-order valence-corrected chi connectivity index (χ2v) is 9.87. The van der Waals surface area contributed by atoms with Crippen molar-refractivity contribution in [2.45, 2.75) is 56.9 Å². The topological polar surface area (TPSA) is 105 Å². The fourth-order valence-electron chi connectivity index (χ4n) is 4.33. The first-order valence-electron chi connectivity index (χ1n) is 10.2. The molecular weight excluding hydrogens is 494 g/mol. The Morgan fingerprint density at radius 2 is 1.88 bits per heavy atom. The number of aromatic nitrogens is 2. The molecule has 0 radical (unpaired) electrons. The Labute approximate surface area is 189 Å². The Balaban J connectivity index is 1.59. The smallest absolute Gasteiger partial charge is 0.404 e. The fraction of sp³-hybridized carbons (Fsp3) is 0.526. The van der Waals surface area contributed by atoms with Crippen LogP contribution in [0.3, 0.4) is 0 Å². The van der Waals surface area contributed by atoms with Crippen LogP contribution in [-0.4, -0.2) is 53.4 Å². The maximum atomic E-state index is 14.8. The van der Waals surface area contributed by atoms with E-state index < -0.39 is 64.0 Å². The summed E-state index contributed by atoms with van der Waals surface area (Å²) in [6.07, 6.45) is -6.35. The molecule has 186 valence electrons. The lowest BCUT2D eigenvalue weighted by Crippen LogP contribution is -2.54. The van der Waals surface area contributed by atoms with Gasteiger partial charge in [0.25, 0.3) is 11.8 Å². The summed E-state index contributed by atoms with van der Waals surface area (Å²) in [4.78, 5) is 14.3. The zero-order valence-electron chi connectivity index (χ0n) is 17.3. The van der Waals surface area contributed by atoms with Crippen molar-refractivity contribution in [2.24, 2.45) is 0 Å². The van der Waals surface area contributed by atoms with Gasteiger partial charge in [-0.25, -0.2) is 17.5 Å². The molecule has 34 heavy (non-hydrogen) atoms. The van der Waals surface area contributed by atoms with E-state index in [-0.39, 0.29) is 29.7 Å². The average Bonchev–Trinajstić information content (AvgIpc) is 3.32. The molecule has 15 heteroatoms. The Morgan fingerprint density at radius 1 is 1.18 bits per heavy atom. The Hall–Kier alpha value is -2.68. The van der Waals surface area contributed by atoms with E-state index in [9.17, 15) is 39.6 Å². The maximum absolute atomic E-state index is 14.8. The number of benzene rings is 1. The van der Waals surface area contributed by atoms with Crippen molar-refractivity contribution < 1.29 is 44.0 Å². The Kier molecular flexibility index (Phi) is 6.35. The first-order chi connectivity index (χ1) is 15.8. The molecule has 1 saturated carbocycles. The lowest BCUT2D eigenvalue weighted by molar-refractivity contribution is -0.106. The maximum Gasteiger partial charge on any atom is 0.404 e. The quantitative estimate of drug-likeness (QED) is 0.594. The molecule has 2 heterocycles. The van der Waals surface area contributed by atoms with Gasteiger partial charge in [-0.2, -0.15) is 22.0 Å². The summed E-state index contributed by atoms with van der Waals surface area (Å²) >= 11 is 0. The highest BCUT2D eigenvalue weighted by atomic mass is 32.2. The van der Waals surface area contributed by atoms with Gasteiger partial charge in [0.15, 0.2) is 5.75 Å². The average molecular weight is 512 g/mol. The number of hydrogen-bond acceptors (Lipinski definition) is 6. The van der Waals surface area contributed by atoms with E-state index in [4.69, 9.17) is 4.42 Å². The van der Waals surface area contributed by atoms with Crippen molar-refractivity contribution in [3.63, 3.8) is 0 Å². The highest BCUT2D eigenvalue weighted by Gasteiger charge is 2.42. The largest absolute Gasteiger partial charge is 0.415 e. The van der Waals surface area contributed by atoms with Crippen LogP contribution < -0.4 is 4.72 Å². The number of nitrogens with one attached hydrogen (secondary N) is 1. The van der Waals surface area contributed by atoms with E-state index in [2.05, 4.69) is 14.9 Å². The standard InChI is InChI=1S/C19H18F6N4O4S/c20-12-6-9(16-26-27-17(33-16)15(21)22)5-10-11(12)7-29(18(10)30)14-4-2-1-3-13(14)28-34(31,32)8-19(23,24)25/h5-6,13-15,28H,1-4,7-8H2/t13-,14-/m1/s1. The van der Waals surface area contributed by atoms with E-state index in [1.54, 1.807) is 0 Å². The van der Waals surface area contributed by atoms with Crippen molar-refractivity contribution in [1.29, 1.82) is 0 Å². The number of alkyl halides is 5. The van der Waals surface area contributed by atoms with Crippen LogP contribution in [0.1, 0.15) is 53.9 Å². The number of fused-ring (bicyclic) bond motifs is 1. The highest BCUT2D eigenvalue weighted by Crippen LogP contribution is 2.35. The number of carbonyl (C=O) groups is 1. The predicted octanol–water partition coefficient (Wildman–Crippen LogP) is 3.56. The minimum absolute atomic E-state index is 0.00943. The third-order valence-corrected chi connectivity index (χ3v) is 7.07. The zero-order valence-corrected chi connectivity index (χ0v) is 18.1. The monoisotopic (exact) mass is 512 g/mol. The number of carbonyl (C=O) groups excluding carboxylic acids is 1. The first-order valence-corrected chi connectivity index (χ1v) is 11.8. The molecule has 0 saturated heterocycles. The molecule has 1 aromatic carbocycles. The van der Waals surface area contributed by atoms with E-state index in [1.165, 1.54) is 11.0 Å². The van der Waals surface area contributed by atoms with Crippen molar-refractivity contribution in [3.05, 3.63) is 35.0 Å². The summed E-state index contributed by atoms with van der Waals surface area (Å²) in [5, 5.41) is 6.60. The number of sulfonamides is 1. The molecule has 1 fully saturated rings. The predicted molar refractivity (Wildman–Crippen MR) is 104 cm³/mol. The van der Waals surface area contributed by atoms with Crippen LogP contribution in [0.25, 0.3) is 11.5 Å². The van der Waals surface area contributed by atoms with Gasteiger partial charge in [-0.05, 0) is 25.0 Å². The summed E-state index contributed by atoms with van der Waals surface area (Å²) in [6.45, 7) is -0.228. The molecule has 1 aliphatic heterocycles. The third-order valence-electron chi connectivity index (χ3n) is 5.70. The number of hydrogen-bond donors (Lipinski definition) is 1. The first kappa shape index (κ1) is 24.4. The van der Waals surface area contributed by atoms with Crippen LogP contribution in [0.2, 0.25) is 0 Å². The molecule has 0 bridgehead atoms. The highest BCUT2D eigenvalue weighted by molar-refractivity contribution is 7.89. The molecule has 0 spiro atoms. The summed E-state index contributed by atoms with van der Waals surface area (Å²) in [5.41, 5.74) is -0.212. The second-order valence-electron chi connectivity index (χ2n) is 8.11.